The molecule has 0 amide bonds. The molecule has 1 N–H and O–H groups in total. The van der Waals surface area contributed by atoms with Crippen LogP contribution in [0.1, 0.15) is 32.0 Å². The average molecular weight is 246 g/mol. The monoisotopic (exact) mass is 246 g/mol. The van der Waals surface area contributed by atoms with Gasteiger partial charge in [0.2, 0.25) is 0 Å². The van der Waals surface area contributed by atoms with E-state index in [2.05, 4.69) is 42.2 Å². The Morgan fingerprint density at radius 2 is 2.06 bits per heavy atom. The van der Waals surface area contributed by atoms with Crippen molar-refractivity contribution in [3.63, 3.8) is 0 Å². The van der Waals surface area contributed by atoms with E-state index in [1.54, 1.807) is 0 Å². The molecule has 0 saturated heterocycles. The number of pyridine rings is 1. The van der Waals surface area contributed by atoms with E-state index < -0.39 is 0 Å². The lowest BCUT2D eigenvalue weighted by Gasteiger charge is -2.18. The van der Waals surface area contributed by atoms with Crippen molar-refractivity contribution in [3.05, 3.63) is 23.5 Å². The molecule has 2 aromatic rings. The van der Waals surface area contributed by atoms with Gasteiger partial charge in [-0.05, 0) is 24.0 Å². The number of aromatic nitrogens is 3. The summed E-state index contributed by atoms with van der Waals surface area (Å²) in [5.41, 5.74) is 3.51. The molecule has 18 heavy (non-hydrogen) atoms. The van der Waals surface area contributed by atoms with E-state index in [4.69, 9.17) is 0 Å². The molecule has 0 atom stereocenters. The highest BCUT2D eigenvalue weighted by atomic mass is 15.3. The van der Waals surface area contributed by atoms with Crippen molar-refractivity contribution in [2.24, 2.45) is 12.5 Å². The lowest BCUT2D eigenvalue weighted by atomic mass is 9.97. The molecule has 0 saturated carbocycles. The third kappa shape index (κ3) is 2.88. The van der Waals surface area contributed by atoms with Gasteiger partial charge in [0.15, 0.2) is 5.65 Å². The quantitative estimate of drug-likeness (QED) is 0.904. The molecule has 4 heteroatoms. The molecule has 0 radical (unpaired) electrons. The predicted molar refractivity (Wildman–Crippen MR) is 74.4 cm³/mol. The average Bonchev–Trinajstić information content (AvgIpc) is 2.53. The van der Waals surface area contributed by atoms with Gasteiger partial charge in [-0.15, -0.1) is 0 Å². The van der Waals surface area contributed by atoms with Crippen LogP contribution in [0.5, 0.6) is 0 Å². The molecule has 0 aliphatic heterocycles. The second kappa shape index (κ2) is 4.69. The zero-order chi connectivity index (χ0) is 13.3. The molecule has 98 valence electrons. The maximum absolute atomic E-state index is 4.48. The van der Waals surface area contributed by atoms with Crippen molar-refractivity contribution in [2.75, 3.05) is 6.54 Å². The Morgan fingerprint density at radius 3 is 2.72 bits per heavy atom. The second-order valence-corrected chi connectivity index (χ2v) is 6.09. The number of hydrogen-bond acceptors (Lipinski definition) is 3. The van der Waals surface area contributed by atoms with Gasteiger partial charge in [-0.25, -0.2) is 4.98 Å². The molecule has 0 spiro atoms. The topological polar surface area (TPSA) is 42.7 Å². The van der Waals surface area contributed by atoms with Crippen LogP contribution in [0.4, 0.5) is 0 Å². The lowest BCUT2D eigenvalue weighted by Crippen LogP contribution is -2.26. The molecule has 2 rings (SSSR count). The highest BCUT2D eigenvalue weighted by Crippen LogP contribution is 2.17. The molecule has 0 aromatic carbocycles. The van der Waals surface area contributed by atoms with Crippen molar-refractivity contribution in [1.29, 1.82) is 0 Å². The smallest absolute Gasteiger partial charge is 0.157 e. The van der Waals surface area contributed by atoms with E-state index in [0.717, 1.165) is 29.8 Å². The van der Waals surface area contributed by atoms with Gasteiger partial charge in [-0.3, -0.25) is 4.68 Å². The molecular formula is C14H22N4. The Balaban J connectivity index is 2.13. The standard InChI is InChI=1S/C14H22N4/c1-10-12-6-11(7-15-9-14(2,3)4)8-16-13(12)18(5)17-10/h6,8,15H,7,9H2,1-5H3. The molecule has 2 aromatic heterocycles. The van der Waals surface area contributed by atoms with Crippen LogP contribution < -0.4 is 5.32 Å². The van der Waals surface area contributed by atoms with Crippen LogP contribution in [0.3, 0.4) is 0 Å². The summed E-state index contributed by atoms with van der Waals surface area (Å²) in [6.45, 7) is 10.6. The number of hydrogen-bond donors (Lipinski definition) is 1. The van der Waals surface area contributed by atoms with E-state index in [-0.39, 0.29) is 0 Å². The number of rotatable bonds is 3. The van der Waals surface area contributed by atoms with Crippen LogP contribution in [0.2, 0.25) is 0 Å². The van der Waals surface area contributed by atoms with E-state index in [1.807, 2.05) is 24.9 Å². The van der Waals surface area contributed by atoms with Crippen molar-refractivity contribution in [3.8, 4) is 0 Å². The fourth-order valence-electron chi connectivity index (χ4n) is 2.03. The van der Waals surface area contributed by atoms with Gasteiger partial charge in [0, 0.05) is 31.7 Å². The van der Waals surface area contributed by atoms with Gasteiger partial charge in [-0.2, -0.15) is 5.10 Å². The molecule has 2 heterocycles. The highest BCUT2D eigenvalue weighted by Gasteiger charge is 2.10. The number of nitrogens with one attached hydrogen (secondary N) is 1. The third-order valence-corrected chi connectivity index (χ3v) is 2.90. The highest BCUT2D eigenvalue weighted by molar-refractivity contribution is 5.78. The zero-order valence-electron chi connectivity index (χ0n) is 11.9. The molecule has 0 fully saturated rings. The minimum Gasteiger partial charge on any atom is -0.312 e. The van der Waals surface area contributed by atoms with Crippen molar-refractivity contribution >= 4 is 11.0 Å². The summed E-state index contributed by atoms with van der Waals surface area (Å²) < 4.78 is 1.83. The van der Waals surface area contributed by atoms with Gasteiger partial charge in [0.05, 0.1) is 5.69 Å². The Hall–Kier alpha value is -1.42. The van der Waals surface area contributed by atoms with Crippen LogP contribution in [0.25, 0.3) is 11.0 Å². The maximum atomic E-state index is 4.48. The predicted octanol–water partition coefficient (Wildman–Crippen LogP) is 2.41. The molecular weight excluding hydrogens is 224 g/mol. The molecule has 4 nitrogen and oxygen atoms in total. The Morgan fingerprint density at radius 1 is 1.33 bits per heavy atom. The van der Waals surface area contributed by atoms with Crippen LogP contribution >= 0.6 is 0 Å². The number of nitrogens with zero attached hydrogens (tertiary/aromatic N) is 3. The largest absolute Gasteiger partial charge is 0.312 e. The summed E-state index contributed by atoms with van der Waals surface area (Å²) in [5, 5.41) is 9.00. The van der Waals surface area contributed by atoms with Crippen LogP contribution in [0, 0.1) is 12.3 Å². The summed E-state index contributed by atoms with van der Waals surface area (Å²) >= 11 is 0. The summed E-state index contributed by atoms with van der Waals surface area (Å²) in [5.74, 6) is 0. The first-order chi connectivity index (χ1) is 8.37. The summed E-state index contributed by atoms with van der Waals surface area (Å²) in [6.07, 6.45) is 1.93. The lowest BCUT2D eigenvalue weighted by molar-refractivity contribution is 0.379. The van der Waals surface area contributed by atoms with E-state index in [1.165, 1.54) is 5.56 Å². The molecule has 0 aliphatic carbocycles. The van der Waals surface area contributed by atoms with Crippen LogP contribution in [-0.4, -0.2) is 21.3 Å². The summed E-state index contributed by atoms with van der Waals surface area (Å²) in [6, 6.07) is 2.18. The fraction of sp³-hybridized carbons (Fsp3) is 0.571. The SMILES string of the molecule is Cc1nn(C)c2ncc(CNCC(C)(C)C)cc12. The molecule has 0 unspecified atom stereocenters. The van der Waals surface area contributed by atoms with Gasteiger partial charge in [0.25, 0.3) is 0 Å². The Kier molecular flexibility index (Phi) is 3.39. The Bertz CT molecular complexity index is 549. The van der Waals surface area contributed by atoms with Gasteiger partial charge >= 0.3 is 0 Å². The van der Waals surface area contributed by atoms with Gasteiger partial charge in [-0.1, -0.05) is 20.8 Å². The second-order valence-electron chi connectivity index (χ2n) is 6.09. The fourth-order valence-corrected chi connectivity index (χ4v) is 2.03. The van der Waals surface area contributed by atoms with Crippen molar-refractivity contribution < 1.29 is 0 Å². The van der Waals surface area contributed by atoms with E-state index in [9.17, 15) is 0 Å². The van der Waals surface area contributed by atoms with Crippen LogP contribution in [-0.2, 0) is 13.6 Å². The summed E-state index contributed by atoms with van der Waals surface area (Å²) in [4.78, 5) is 4.48. The molecule has 0 bridgehead atoms. The number of aryl methyl sites for hydroxylation is 2. The van der Waals surface area contributed by atoms with Gasteiger partial charge < -0.3 is 5.32 Å². The van der Waals surface area contributed by atoms with Crippen molar-refractivity contribution in [1.82, 2.24) is 20.1 Å². The first kappa shape index (κ1) is 13.0. The normalized spacial score (nSPS) is 12.3. The third-order valence-electron chi connectivity index (χ3n) is 2.90. The van der Waals surface area contributed by atoms with Crippen LogP contribution in [0.15, 0.2) is 12.3 Å². The number of fused-ring (bicyclic) bond motifs is 1. The Labute approximate surface area is 108 Å². The minimum atomic E-state index is 0.307. The summed E-state index contributed by atoms with van der Waals surface area (Å²) in [7, 11) is 1.93. The maximum Gasteiger partial charge on any atom is 0.157 e. The van der Waals surface area contributed by atoms with E-state index in [0.29, 0.717) is 5.41 Å². The minimum absolute atomic E-state index is 0.307. The first-order valence-corrected chi connectivity index (χ1v) is 6.36. The zero-order valence-corrected chi connectivity index (χ0v) is 11.9. The first-order valence-electron chi connectivity index (χ1n) is 6.36. The van der Waals surface area contributed by atoms with E-state index >= 15 is 0 Å². The van der Waals surface area contributed by atoms with Gasteiger partial charge in [0.1, 0.15) is 0 Å². The molecule has 0 aliphatic rings. The van der Waals surface area contributed by atoms with Crippen molar-refractivity contribution in [2.45, 2.75) is 34.2 Å².